The lowest BCUT2D eigenvalue weighted by atomic mass is 10.1. The number of likely N-dealkylation sites (tertiary alicyclic amines) is 1. The maximum Gasteiger partial charge on any atom is 0.410 e. The Morgan fingerprint density at radius 1 is 1.14 bits per heavy atom. The number of nitrogens with one attached hydrogen (secondary N) is 1. The number of amides is 1. The van der Waals surface area contributed by atoms with Gasteiger partial charge in [-0.2, -0.15) is 0 Å². The van der Waals surface area contributed by atoms with Crippen molar-refractivity contribution in [2.75, 3.05) is 25.0 Å². The van der Waals surface area contributed by atoms with E-state index in [0.29, 0.717) is 53.2 Å². The summed E-state index contributed by atoms with van der Waals surface area (Å²) in [7, 11) is 1.69. The monoisotopic (exact) mass is 544 g/mol. The van der Waals surface area contributed by atoms with Gasteiger partial charge in [0, 0.05) is 30.8 Å². The van der Waals surface area contributed by atoms with E-state index in [4.69, 9.17) is 32.7 Å². The summed E-state index contributed by atoms with van der Waals surface area (Å²) in [6.07, 6.45) is -0.114. The molecular weight excluding hydrogens is 515 g/mol. The predicted molar refractivity (Wildman–Crippen MR) is 145 cm³/mol. The molecule has 10 heteroatoms. The van der Waals surface area contributed by atoms with Crippen LogP contribution in [-0.2, 0) is 29.5 Å². The Bertz CT molecular complexity index is 1320. The lowest BCUT2D eigenvalue weighted by Gasteiger charge is -2.24. The van der Waals surface area contributed by atoms with E-state index in [1.54, 1.807) is 30.1 Å². The molecule has 2 heterocycles. The second-order valence-electron chi connectivity index (χ2n) is 8.79. The van der Waals surface area contributed by atoms with Gasteiger partial charge in [-0.1, -0.05) is 60.5 Å². The summed E-state index contributed by atoms with van der Waals surface area (Å²) in [5.74, 6) is 0.579. The van der Waals surface area contributed by atoms with Gasteiger partial charge in [0.25, 0.3) is 5.56 Å². The number of hydrogen-bond donors (Lipinski definition) is 1. The second-order valence-corrected chi connectivity index (χ2v) is 9.63. The van der Waals surface area contributed by atoms with Crippen LogP contribution in [0.5, 0.6) is 0 Å². The molecule has 0 bridgehead atoms. The molecule has 1 N–H and O–H groups in total. The summed E-state index contributed by atoms with van der Waals surface area (Å²) in [5.41, 5.74) is 2.09. The number of halogens is 2. The molecule has 1 aliphatic heterocycles. The Kier molecular flexibility index (Phi) is 8.74. The molecule has 1 aliphatic rings. The van der Waals surface area contributed by atoms with Crippen LogP contribution in [0, 0.1) is 0 Å². The maximum atomic E-state index is 13.3. The molecule has 1 fully saturated rings. The average Bonchev–Trinajstić information content (AvgIpc) is 3.29. The minimum atomic E-state index is -0.409. The van der Waals surface area contributed by atoms with Crippen LogP contribution in [0.3, 0.4) is 0 Å². The molecule has 2 aromatic carbocycles. The molecule has 2 atom stereocenters. The first-order valence-electron chi connectivity index (χ1n) is 12.2. The van der Waals surface area contributed by atoms with Gasteiger partial charge in [0.15, 0.2) is 0 Å². The van der Waals surface area contributed by atoms with Gasteiger partial charge < -0.3 is 19.7 Å². The smallest absolute Gasteiger partial charge is 0.410 e. The Balaban J connectivity index is 1.56. The van der Waals surface area contributed by atoms with Gasteiger partial charge in [0.05, 0.1) is 29.4 Å². The highest BCUT2D eigenvalue weighted by atomic mass is 35.5. The van der Waals surface area contributed by atoms with Crippen LogP contribution >= 0.6 is 23.2 Å². The van der Waals surface area contributed by atoms with Crippen molar-refractivity contribution in [1.29, 1.82) is 0 Å². The number of nitrogens with zero attached hydrogens (tertiary/aromatic N) is 3. The van der Waals surface area contributed by atoms with Gasteiger partial charge >= 0.3 is 6.09 Å². The zero-order valence-corrected chi connectivity index (χ0v) is 22.6. The number of anilines is 1. The minimum absolute atomic E-state index is 0.195. The minimum Gasteiger partial charge on any atom is -0.445 e. The first-order chi connectivity index (χ1) is 17.8. The van der Waals surface area contributed by atoms with Crippen molar-refractivity contribution in [2.24, 2.45) is 7.05 Å². The molecule has 0 unspecified atom stereocenters. The largest absolute Gasteiger partial charge is 0.445 e. The van der Waals surface area contributed by atoms with Crippen molar-refractivity contribution in [3.05, 3.63) is 80.2 Å². The first-order valence-corrected chi connectivity index (χ1v) is 13.0. The second kappa shape index (κ2) is 12.0. The standard InChI is InChI=1S/C27H30Cl2N4O4/c1-4-21-25(32(3)26(34)24(30-21)19-12-11-18(28)13-20(19)29)31-22-14-33(15-23(22)36-5-2)27(35)37-16-17-9-7-6-8-10-17/h6-13,22-23,31H,4-5,14-16H2,1-3H3/t22-,23+/m1/s1. The average molecular weight is 545 g/mol. The van der Waals surface area contributed by atoms with Gasteiger partial charge in [-0.3, -0.25) is 9.36 Å². The highest BCUT2D eigenvalue weighted by molar-refractivity contribution is 6.36. The number of carbonyl (C=O) groups excluding carboxylic acids is 1. The quantitative estimate of drug-likeness (QED) is 0.421. The van der Waals surface area contributed by atoms with Crippen LogP contribution in [0.4, 0.5) is 10.6 Å². The molecule has 37 heavy (non-hydrogen) atoms. The van der Waals surface area contributed by atoms with E-state index in [-0.39, 0.29) is 30.0 Å². The summed E-state index contributed by atoms with van der Waals surface area (Å²) in [6.45, 7) is 5.29. The van der Waals surface area contributed by atoms with E-state index in [2.05, 4.69) is 10.3 Å². The first kappa shape index (κ1) is 27.0. The zero-order chi connectivity index (χ0) is 26.5. The van der Waals surface area contributed by atoms with Crippen LogP contribution in [-0.4, -0.2) is 52.4 Å². The van der Waals surface area contributed by atoms with Crippen molar-refractivity contribution in [3.63, 3.8) is 0 Å². The molecule has 1 amide bonds. The van der Waals surface area contributed by atoms with Crippen molar-refractivity contribution in [1.82, 2.24) is 14.5 Å². The fraction of sp³-hybridized carbons (Fsp3) is 0.370. The van der Waals surface area contributed by atoms with Crippen LogP contribution in [0.15, 0.2) is 53.3 Å². The van der Waals surface area contributed by atoms with Crippen molar-refractivity contribution < 1.29 is 14.3 Å². The van der Waals surface area contributed by atoms with E-state index >= 15 is 0 Å². The Morgan fingerprint density at radius 2 is 1.89 bits per heavy atom. The molecule has 196 valence electrons. The van der Waals surface area contributed by atoms with Crippen LogP contribution in [0.25, 0.3) is 11.3 Å². The van der Waals surface area contributed by atoms with Gasteiger partial charge in [0.2, 0.25) is 0 Å². The molecule has 0 radical (unpaired) electrons. The summed E-state index contributed by atoms with van der Waals surface area (Å²) in [5, 5.41) is 4.28. The van der Waals surface area contributed by atoms with Crippen molar-refractivity contribution in [3.8, 4) is 11.3 Å². The molecule has 1 aromatic heterocycles. The predicted octanol–water partition coefficient (Wildman–Crippen LogP) is 5.15. The summed E-state index contributed by atoms with van der Waals surface area (Å²) >= 11 is 12.4. The van der Waals surface area contributed by atoms with Crippen molar-refractivity contribution >= 4 is 35.1 Å². The molecule has 0 aliphatic carbocycles. The molecule has 0 spiro atoms. The number of hydrogen-bond acceptors (Lipinski definition) is 6. The van der Waals surface area contributed by atoms with E-state index in [1.165, 1.54) is 4.57 Å². The molecule has 1 saturated heterocycles. The summed E-state index contributed by atoms with van der Waals surface area (Å²) < 4.78 is 13.0. The lowest BCUT2D eigenvalue weighted by molar-refractivity contribution is 0.0579. The molecule has 0 saturated carbocycles. The Hall–Kier alpha value is -3.07. The van der Waals surface area contributed by atoms with E-state index < -0.39 is 6.09 Å². The Labute approximate surface area is 226 Å². The topological polar surface area (TPSA) is 85.7 Å². The molecule has 4 rings (SSSR count). The highest BCUT2D eigenvalue weighted by Crippen LogP contribution is 2.29. The number of aryl methyl sites for hydroxylation is 1. The Morgan fingerprint density at radius 3 is 2.57 bits per heavy atom. The maximum absolute atomic E-state index is 13.3. The van der Waals surface area contributed by atoms with E-state index in [9.17, 15) is 9.59 Å². The van der Waals surface area contributed by atoms with Gasteiger partial charge in [-0.25, -0.2) is 9.78 Å². The van der Waals surface area contributed by atoms with E-state index in [0.717, 1.165) is 5.56 Å². The zero-order valence-electron chi connectivity index (χ0n) is 21.0. The van der Waals surface area contributed by atoms with Crippen LogP contribution in [0.1, 0.15) is 25.1 Å². The SMILES string of the molecule is CCO[C@H]1CN(C(=O)OCc2ccccc2)C[C@H]1Nc1c(CC)nc(-c2ccc(Cl)cc2Cl)c(=O)n1C. The van der Waals surface area contributed by atoms with E-state index in [1.807, 2.05) is 44.2 Å². The fourth-order valence-corrected chi connectivity index (χ4v) is 4.90. The molecule has 8 nitrogen and oxygen atoms in total. The molecular formula is C27H30Cl2N4O4. The third kappa shape index (κ3) is 6.09. The normalized spacial score (nSPS) is 17.2. The van der Waals surface area contributed by atoms with Crippen LogP contribution < -0.4 is 10.9 Å². The lowest BCUT2D eigenvalue weighted by Crippen LogP contribution is -2.37. The van der Waals surface area contributed by atoms with Gasteiger partial charge in [-0.15, -0.1) is 0 Å². The number of aromatic nitrogens is 2. The number of rotatable bonds is 8. The van der Waals surface area contributed by atoms with Crippen LogP contribution in [0.2, 0.25) is 10.0 Å². The number of ether oxygens (including phenoxy) is 2. The fourth-order valence-electron chi connectivity index (χ4n) is 4.40. The third-order valence-electron chi connectivity index (χ3n) is 6.32. The number of carbonyl (C=O) groups is 1. The summed E-state index contributed by atoms with van der Waals surface area (Å²) in [6, 6.07) is 14.2. The number of benzene rings is 2. The van der Waals surface area contributed by atoms with Gasteiger partial charge in [-0.05, 0) is 37.1 Å². The third-order valence-corrected chi connectivity index (χ3v) is 6.86. The van der Waals surface area contributed by atoms with Gasteiger partial charge in [0.1, 0.15) is 18.1 Å². The van der Waals surface area contributed by atoms with Crippen molar-refractivity contribution in [2.45, 2.75) is 39.0 Å². The highest BCUT2D eigenvalue weighted by Gasteiger charge is 2.37. The molecule has 3 aromatic rings. The summed E-state index contributed by atoms with van der Waals surface area (Å²) in [4.78, 5) is 32.4.